The van der Waals surface area contributed by atoms with Crippen LogP contribution in [0.2, 0.25) is 0 Å². The summed E-state index contributed by atoms with van der Waals surface area (Å²) in [6.45, 7) is 1.97. The van der Waals surface area contributed by atoms with E-state index in [1.165, 1.54) is 5.56 Å². The first-order valence-electron chi connectivity index (χ1n) is 4.09. The van der Waals surface area contributed by atoms with Crippen molar-refractivity contribution in [3.8, 4) is 0 Å². The number of benzene rings is 1. The van der Waals surface area contributed by atoms with Crippen LogP contribution in [0.15, 0.2) is 30.3 Å². The van der Waals surface area contributed by atoms with Crippen LogP contribution in [0.4, 0.5) is 0 Å². The molecule has 1 aromatic carbocycles. The molecule has 0 saturated heterocycles. The van der Waals surface area contributed by atoms with Crippen molar-refractivity contribution >= 4 is 65.8 Å². The van der Waals surface area contributed by atoms with Gasteiger partial charge < -0.3 is 9.79 Å². The van der Waals surface area contributed by atoms with E-state index in [-0.39, 0.29) is 43.1 Å². The van der Waals surface area contributed by atoms with Crippen LogP contribution in [0.3, 0.4) is 0 Å². The van der Waals surface area contributed by atoms with Gasteiger partial charge in [0.1, 0.15) is 4.31 Å². The minimum absolute atomic E-state index is 0. The summed E-state index contributed by atoms with van der Waals surface area (Å²) in [5.41, 5.74) is 1.18. The molecular weight excluding hydrogens is 314 g/mol. The molecule has 5 nitrogen and oxygen atoms in total. The van der Waals surface area contributed by atoms with E-state index in [1.807, 2.05) is 37.3 Å². The molecular formula is C8H9CaClO5P2+2. The Morgan fingerprint density at radius 2 is 1.59 bits per heavy atom. The molecule has 0 radical (unpaired) electrons. The average Bonchev–Trinajstić information content (AvgIpc) is 2.17. The van der Waals surface area contributed by atoms with Gasteiger partial charge in [-0.25, -0.2) is 0 Å². The zero-order chi connectivity index (χ0) is 12.6. The first-order valence-corrected chi connectivity index (χ1v) is 6.72. The quantitative estimate of drug-likeness (QED) is 0.479. The minimum atomic E-state index is -3.24. The van der Waals surface area contributed by atoms with Gasteiger partial charge in [0.15, 0.2) is 0 Å². The van der Waals surface area contributed by atoms with Gasteiger partial charge in [-0.2, -0.15) is 0 Å². The molecule has 1 rings (SSSR count). The zero-order valence-corrected chi connectivity index (χ0v) is 13.7. The second kappa shape index (κ2) is 11.9. The van der Waals surface area contributed by atoms with Crippen LogP contribution in [0.5, 0.6) is 0 Å². The molecule has 3 unspecified atom stereocenters. The van der Waals surface area contributed by atoms with E-state index in [4.69, 9.17) is 11.6 Å². The number of rotatable bonds is 3. The van der Waals surface area contributed by atoms with Gasteiger partial charge in [-0.15, -0.1) is 11.6 Å². The van der Waals surface area contributed by atoms with Crippen LogP contribution in [0, 0.1) is 0 Å². The molecule has 0 aliphatic heterocycles. The summed E-state index contributed by atoms with van der Waals surface area (Å²) in [6.07, 6.45) is 0. The molecule has 0 spiro atoms. The third-order valence-electron chi connectivity index (χ3n) is 1.39. The molecule has 0 N–H and O–H groups in total. The minimum Gasteiger partial charge on any atom is -0.563 e. The normalized spacial score (nSPS) is 12.5. The average molecular weight is 323 g/mol. The Morgan fingerprint density at radius 3 is 1.76 bits per heavy atom. The van der Waals surface area contributed by atoms with Crippen molar-refractivity contribution in [3.63, 3.8) is 0 Å². The predicted octanol–water partition coefficient (Wildman–Crippen LogP) is 1.64. The Kier molecular flexibility index (Phi) is 14.1. The van der Waals surface area contributed by atoms with Gasteiger partial charge in [0.25, 0.3) is 0 Å². The van der Waals surface area contributed by atoms with Crippen molar-refractivity contribution in [2.75, 3.05) is 0 Å². The van der Waals surface area contributed by atoms with Gasteiger partial charge in [-0.3, -0.25) is 0 Å². The summed E-state index contributed by atoms with van der Waals surface area (Å²) in [7, 11) is -6.47. The van der Waals surface area contributed by atoms with Gasteiger partial charge in [0.2, 0.25) is 0 Å². The third-order valence-corrected chi connectivity index (χ3v) is 2.71. The molecule has 0 fully saturated rings. The summed E-state index contributed by atoms with van der Waals surface area (Å²) in [6, 6.07) is 10.0. The van der Waals surface area contributed by atoms with Crippen molar-refractivity contribution in [2.45, 2.75) is 12.3 Å². The molecule has 0 saturated carbocycles. The number of alkyl halides is 1. The Hall–Kier alpha value is 0.850. The second-order valence-corrected chi connectivity index (χ2v) is 4.76. The van der Waals surface area contributed by atoms with Gasteiger partial charge in [0, 0.05) is 0 Å². The van der Waals surface area contributed by atoms with E-state index in [2.05, 4.69) is 4.31 Å². The predicted molar refractivity (Wildman–Crippen MR) is 62.8 cm³/mol. The number of halogens is 1. The summed E-state index contributed by atoms with van der Waals surface area (Å²) >= 11 is 5.80. The van der Waals surface area contributed by atoms with E-state index in [9.17, 15) is 18.9 Å². The molecule has 0 amide bonds. The SMILES string of the molecule is CC(Cl)c1ccccc1.O=[P+]([O-])O[P+](=O)[O-].[Ca+2]. The fourth-order valence-electron chi connectivity index (χ4n) is 0.773. The first kappa shape index (κ1) is 20.2. The van der Waals surface area contributed by atoms with E-state index in [0.29, 0.717) is 0 Å². The Labute approximate surface area is 136 Å². The van der Waals surface area contributed by atoms with Crippen LogP contribution in [0.1, 0.15) is 17.9 Å². The number of hydrogen-bond acceptors (Lipinski definition) is 5. The summed E-state index contributed by atoms with van der Waals surface area (Å²) < 4.78 is 21.6. The third kappa shape index (κ3) is 13.1. The maximum absolute atomic E-state index is 9.24. The van der Waals surface area contributed by atoms with Crippen LogP contribution in [-0.4, -0.2) is 37.7 Å². The molecule has 3 atom stereocenters. The Morgan fingerprint density at radius 1 is 1.18 bits per heavy atom. The van der Waals surface area contributed by atoms with Crippen LogP contribution < -0.4 is 9.79 Å². The van der Waals surface area contributed by atoms with Gasteiger partial charge in [0.05, 0.1) is 5.38 Å². The van der Waals surface area contributed by atoms with E-state index < -0.39 is 16.5 Å². The van der Waals surface area contributed by atoms with Crippen molar-refractivity contribution < 1.29 is 23.2 Å². The zero-order valence-electron chi connectivity index (χ0n) is 8.98. The van der Waals surface area contributed by atoms with E-state index in [1.54, 1.807) is 0 Å². The smallest absolute Gasteiger partial charge is 0.563 e. The monoisotopic (exact) mass is 322 g/mol. The Balaban J connectivity index is 0. The van der Waals surface area contributed by atoms with Crippen molar-refractivity contribution in [1.29, 1.82) is 0 Å². The molecule has 0 bridgehead atoms. The topological polar surface area (TPSA) is 89.5 Å². The molecule has 0 aliphatic carbocycles. The number of hydrogen-bond donors (Lipinski definition) is 0. The van der Waals surface area contributed by atoms with Crippen molar-refractivity contribution in [1.82, 2.24) is 0 Å². The largest absolute Gasteiger partial charge is 2.00 e. The maximum Gasteiger partial charge on any atom is 2.00 e. The van der Waals surface area contributed by atoms with E-state index >= 15 is 0 Å². The van der Waals surface area contributed by atoms with Crippen molar-refractivity contribution in [2.24, 2.45) is 0 Å². The van der Waals surface area contributed by atoms with Crippen molar-refractivity contribution in [3.05, 3.63) is 35.9 Å². The second-order valence-electron chi connectivity index (χ2n) is 2.56. The molecule has 1 aromatic rings. The molecule has 88 valence electrons. The van der Waals surface area contributed by atoms with E-state index in [0.717, 1.165) is 0 Å². The fraction of sp³-hybridized carbons (Fsp3) is 0.250. The summed E-state index contributed by atoms with van der Waals surface area (Å²) in [4.78, 5) is 18.5. The standard InChI is InChI=1S/C8H9Cl.Ca.O5P2/c1-7(9)8-5-3-2-4-6-8;;1-6(2)5-7(3)4/h2-7H,1H3;;/q;+2;. The van der Waals surface area contributed by atoms with Crippen LogP contribution in [-0.2, 0) is 13.4 Å². The molecule has 17 heavy (non-hydrogen) atoms. The van der Waals surface area contributed by atoms with Crippen LogP contribution >= 0.6 is 28.1 Å². The summed E-state index contributed by atoms with van der Waals surface area (Å²) in [5.74, 6) is 0. The molecule has 0 aromatic heterocycles. The maximum atomic E-state index is 9.24. The van der Waals surface area contributed by atoms with Gasteiger partial charge in [-0.1, -0.05) is 30.3 Å². The van der Waals surface area contributed by atoms with Gasteiger partial charge >= 0.3 is 54.2 Å². The molecule has 0 heterocycles. The summed E-state index contributed by atoms with van der Waals surface area (Å²) in [5, 5.41) is 0.131. The van der Waals surface area contributed by atoms with Crippen LogP contribution in [0.25, 0.3) is 0 Å². The van der Waals surface area contributed by atoms with Gasteiger partial charge in [-0.05, 0) is 21.6 Å². The fourth-order valence-corrected chi connectivity index (χ4v) is 1.35. The molecule has 0 aliphatic rings. The first-order chi connectivity index (χ1) is 7.43. The Bertz CT molecular complexity index is 337. The molecule has 9 heteroatoms.